The first-order valence-electron chi connectivity index (χ1n) is 6.46. The van der Waals surface area contributed by atoms with E-state index in [1.54, 1.807) is 0 Å². The van der Waals surface area contributed by atoms with Gasteiger partial charge in [-0.25, -0.2) is 0 Å². The highest BCUT2D eigenvalue weighted by Gasteiger charge is 2.30. The van der Waals surface area contributed by atoms with Crippen molar-refractivity contribution < 1.29 is 4.74 Å². The zero-order chi connectivity index (χ0) is 13.4. The fourth-order valence-corrected chi connectivity index (χ4v) is 2.27. The first kappa shape index (κ1) is 14.6. The van der Waals surface area contributed by atoms with Crippen molar-refractivity contribution in [1.82, 2.24) is 0 Å². The molecule has 0 N–H and O–H groups in total. The topological polar surface area (TPSA) is 58.0 Å². The predicted octanol–water partition coefficient (Wildman–Crippen LogP) is 4.72. The minimum Gasteiger partial charge on any atom is -0.381 e. The van der Waals surface area contributed by atoms with Crippen LogP contribution in [-0.4, -0.2) is 13.2 Å². The summed E-state index contributed by atoms with van der Waals surface area (Å²) in [7, 11) is 0. The molecule has 0 saturated heterocycles. The van der Waals surface area contributed by atoms with E-state index in [0.717, 1.165) is 18.4 Å². The number of azide groups is 1. The summed E-state index contributed by atoms with van der Waals surface area (Å²) in [5, 5.41) is 3.80. The zero-order valence-electron chi connectivity index (χ0n) is 11.4. The molecule has 4 nitrogen and oxygen atoms in total. The van der Waals surface area contributed by atoms with Gasteiger partial charge in [0.2, 0.25) is 0 Å². The van der Waals surface area contributed by atoms with Crippen molar-refractivity contribution in [3.8, 4) is 0 Å². The van der Waals surface area contributed by atoms with Gasteiger partial charge in [0.05, 0.1) is 6.61 Å². The minimum absolute atomic E-state index is 0.0687. The fraction of sp³-hybridized carbons (Fsp3) is 0.571. The minimum atomic E-state index is -0.0687. The average Bonchev–Trinajstić information content (AvgIpc) is 2.42. The quantitative estimate of drug-likeness (QED) is 0.390. The van der Waals surface area contributed by atoms with Gasteiger partial charge in [-0.2, -0.15) is 0 Å². The molecule has 18 heavy (non-hydrogen) atoms. The van der Waals surface area contributed by atoms with Crippen LogP contribution in [0.1, 0.15) is 39.2 Å². The number of nitrogens with zero attached hydrogens (tertiary/aromatic N) is 3. The van der Waals surface area contributed by atoms with Crippen LogP contribution in [0.2, 0.25) is 0 Å². The second-order valence-electron chi connectivity index (χ2n) is 4.33. The maximum absolute atomic E-state index is 8.66. The maximum Gasteiger partial charge on any atom is 0.0562 e. The highest BCUT2D eigenvalue weighted by atomic mass is 16.5. The second kappa shape index (κ2) is 7.04. The summed E-state index contributed by atoms with van der Waals surface area (Å²) in [4.78, 5) is 2.91. The molecule has 0 aliphatic rings. The lowest BCUT2D eigenvalue weighted by atomic mass is 9.76. The van der Waals surface area contributed by atoms with Crippen LogP contribution in [0.25, 0.3) is 10.4 Å². The van der Waals surface area contributed by atoms with Crippen LogP contribution in [0.5, 0.6) is 0 Å². The van der Waals surface area contributed by atoms with Crippen LogP contribution in [0.4, 0.5) is 5.69 Å². The first-order valence-corrected chi connectivity index (χ1v) is 6.46. The average molecular weight is 247 g/mol. The van der Waals surface area contributed by atoms with E-state index < -0.39 is 0 Å². The monoisotopic (exact) mass is 247 g/mol. The van der Waals surface area contributed by atoms with Crippen molar-refractivity contribution >= 4 is 5.69 Å². The Balaban J connectivity index is 3.23. The third-order valence-electron chi connectivity index (χ3n) is 3.56. The lowest BCUT2D eigenvalue weighted by molar-refractivity contribution is 0.0872. The largest absolute Gasteiger partial charge is 0.381 e. The van der Waals surface area contributed by atoms with Gasteiger partial charge in [-0.1, -0.05) is 43.2 Å². The van der Waals surface area contributed by atoms with E-state index in [4.69, 9.17) is 10.3 Å². The molecule has 0 aliphatic heterocycles. The van der Waals surface area contributed by atoms with Crippen molar-refractivity contribution in [2.75, 3.05) is 13.2 Å². The molecule has 0 radical (unpaired) electrons. The summed E-state index contributed by atoms with van der Waals surface area (Å²) in [6.45, 7) is 7.65. The number of ether oxygens (including phenoxy) is 1. The summed E-state index contributed by atoms with van der Waals surface area (Å²) in [5.41, 5.74) is 10.4. The SMILES string of the molecule is CCOCC(CC)(CC)c1ccccc1N=[N+]=[N-]. The van der Waals surface area contributed by atoms with Gasteiger partial charge in [-0.3, -0.25) is 0 Å². The Morgan fingerprint density at radius 1 is 1.22 bits per heavy atom. The molecule has 1 aromatic rings. The normalized spacial score (nSPS) is 11.1. The molecule has 4 heteroatoms. The number of hydrogen-bond donors (Lipinski definition) is 0. The van der Waals surface area contributed by atoms with Crippen LogP contribution in [-0.2, 0) is 10.2 Å². The van der Waals surface area contributed by atoms with Crippen molar-refractivity contribution in [3.63, 3.8) is 0 Å². The number of benzene rings is 1. The van der Waals surface area contributed by atoms with Crippen molar-refractivity contribution in [1.29, 1.82) is 0 Å². The van der Waals surface area contributed by atoms with E-state index in [-0.39, 0.29) is 5.41 Å². The number of hydrogen-bond acceptors (Lipinski definition) is 2. The summed E-state index contributed by atoms with van der Waals surface area (Å²) >= 11 is 0. The van der Waals surface area contributed by atoms with Crippen molar-refractivity contribution in [2.24, 2.45) is 5.11 Å². The molecule has 0 saturated carbocycles. The molecule has 0 atom stereocenters. The van der Waals surface area contributed by atoms with Crippen molar-refractivity contribution in [3.05, 3.63) is 40.3 Å². The van der Waals surface area contributed by atoms with E-state index in [9.17, 15) is 0 Å². The summed E-state index contributed by atoms with van der Waals surface area (Å²) in [5.74, 6) is 0. The molecule has 0 aliphatic carbocycles. The third-order valence-corrected chi connectivity index (χ3v) is 3.56. The molecule has 0 heterocycles. The predicted molar refractivity (Wildman–Crippen MR) is 74.0 cm³/mol. The van der Waals surface area contributed by atoms with Crippen LogP contribution >= 0.6 is 0 Å². The molecule has 0 unspecified atom stereocenters. The van der Waals surface area contributed by atoms with Gasteiger partial charge in [0, 0.05) is 22.6 Å². The van der Waals surface area contributed by atoms with E-state index in [2.05, 4.69) is 23.9 Å². The Hall–Kier alpha value is -1.51. The fourth-order valence-electron chi connectivity index (χ4n) is 2.27. The molecule has 0 spiro atoms. The molecule has 0 aromatic heterocycles. The molecule has 0 amide bonds. The Morgan fingerprint density at radius 3 is 2.44 bits per heavy atom. The highest BCUT2D eigenvalue weighted by Crippen LogP contribution is 2.38. The molecule has 0 bridgehead atoms. The molecule has 98 valence electrons. The van der Waals surface area contributed by atoms with Gasteiger partial charge >= 0.3 is 0 Å². The third kappa shape index (κ3) is 3.03. The van der Waals surface area contributed by atoms with Crippen LogP contribution in [0.15, 0.2) is 29.4 Å². The van der Waals surface area contributed by atoms with E-state index in [0.29, 0.717) is 18.9 Å². The van der Waals surface area contributed by atoms with Gasteiger partial charge in [0.15, 0.2) is 0 Å². The Kier molecular flexibility index (Phi) is 5.69. The van der Waals surface area contributed by atoms with Gasteiger partial charge in [-0.05, 0) is 30.9 Å². The maximum atomic E-state index is 8.66. The first-order chi connectivity index (χ1) is 8.74. The molecule has 1 rings (SSSR count). The standard InChI is InChI=1S/C14H21N3O/c1-4-14(5-2,11-18-6-3)12-9-7-8-10-13(12)16-17-15/h7-10H,4-6,11H2,1-3H3. The molecule has 1 aromatic carbocycles. The lowest BCUT2D eigenvalue weighted by Gasteiger charge is -2.33. The molecular weight excluding hydrogens is 226 g/mol. The smallest absolute Gasteiger partial charge is 0.0562 e. The summed E-state index contributed by atoms with van der Waals surface area (Å²) in [6, 6.07) is 7.78. The van der Waals surface area contributed by atoms with Gasteiger partial charge in [-0.15, -0.1) is 0 Å². The van der Waals surface area contributed by atoms with Gasteiger partial charge in [0.1, 0.15) is 0 Å². The summed E-state index contributed by atoms with van der Waals surface area (Å²) < 4.78 is 5.63. The molecule has 0 fully saturated rings. The Bertz CT molecular complexity index is 421. The van der Waals surface area contributed by atoms with Crippen LogP contribution in [0.3, 0.4) is 0 Å². The van der Waals surface area contributed by atoms with Gasteiger partial charge in [0.25, 0.3) is 0 Å². The summed E-state index contributed by atoms with van der Waals surface area (Å²) in [6.07, 6.45) is 1.92. The molecular formula is C14H21N3O. The Morgan fingerprint density at radius 2 is 1.89 bits per heavy atom. The van der Waals surface area contributed by atoms with Gasteiger partial charge < -0.3 is 4.74 Å². The highest BCUT2D eigenvalue weighted by molar-refractivity contribution is 5.50. The van der Waals surface area contributed by atoms with Crippen molar-refractivity contribution in [2.45, 2.75) is 39.0 Å². The van der Waals surface area contributed by atoms with E-state index >= 15 is 0 Å². The van der Waals surface area contributed by atoms with Crippen LogP contribution in [0, 0.1) is 0 Å². The lowest BCUT2D eigenvalue weighted by Crippen LogP contribution is -2.30. The van der Waals surface area contributed by atoms with E-state index in [1.807, 2.05) is 31.2 Å². The van der Waals surface area contributed by atoms with Crippen LogP contribution < -0.4 is 0 Å². The second-order valence-corrected chi connectivity index (χ2v) is 4.33. The van der Waals surface area contributed by atoms with E-state index in [1.165, 1.54) is 0 Å². The zero-order valence-corrected chi connectivity index (χ0v) is 11.4. The number of rotatable bonds is 7. The Labute approximate surface area is 109 Å².